The zero-order chi connectivity index (χ0) is 16.2. The van der Waals surface area contributed by atoms with Crippen LogP contribution in [0.5, 0.6) is 0 Å². The number of nitrogens with zero attached hydrogens (tertiary/aromatic N) is 1. The van der Waals surface area contributed by atoms with Gasteiger partial charge in [-0.1, -0.05) is 0 Å². The van der Waals surface area contributed by atoms with Crippen molar-refractivity contribution in [3.63, 3.8) is 0 Å². The molecule has 8 heteroatoms. The van der Waals surface area contributed by atoms with Gasteiger partial charge in [-0.15, -0.1) is 0 Å². The molecule has 118 valence electrons. The van der Waals surface area contributed by atoms with E-state index in [0.717, 1.165) is 18.2 Å². The summed E-state index contributed by atoms with van der Waals surface area (Å²) in [5.41, 5.74) is -0.280. The fourth-order valence-electron chi connectivity index (χ4n) is 1.68. The van der Waals surface area contributed by atoms with E-state index in [1.807, 2.05) is 19.0 Å². The smallest absolute Gasteiger partial charge is 0.335 e. The summed E-state index contributed by atoms with van der Waals surface area (Å²) in [5.74, 6) is -2.29. The van der Waals surface area contributed by atoms with Crippen LogP contribution in [0.1, 0.15) is 23.7 Å². The number of sulfonamides is 1. The molecule has 1 atom stereocenters. The van der Waals surface area contributed by atoms with Crippen LogP contribution >= 0.6 is 0 Å². The summed E-state index contributed by atoms with van der Waals surface area (Å²) in [5, 5.41) is 8.85. The summed E-state index contributed by atoms with van der Waals surface area (Å²) in [6, 6.07) is 2.28. The Hall–Kier alpha value is -1.51. The number of carboxylic acids is 1. The zero-order valence-corrected chi connectivity index (χ0v) is 12.9. The molecule has 0 fully saturated rings. The highest BCUT2D eigenvalue weighted by Crippen LogP contribution is 2.17. The number of hydrogen-bond donors (Lipinski definition) is 2. The molecule has 0 saturated carbocycles. The van der Waals surface area contributed by atoms with Crippen LogP contribution in [0.3, 0.4) is 0 Å². The third-order valence-electron chi connectivity index (χ3n) is 2.83. The first kappa shape index (κ1) is 17.5. The van der Waals surface area contributed by atoms with E-state index in [1.165, 1.54) is 0 Å². The summed E-state index contributed by atoms with van der Waals surface area (Å²) in [4.78, 5) is 12.1. The minimum Gasteiger partial charge on any atom is -0.478 e. The summed E-state index contributed by atoms with van der Waals surface area (Å²) >= 11 is 0. The quantitative estimate of drug-likeness (QED) is 0.787. The maximum atomic E-state index is 13.7. The van der Waals surface area contributed by atoms with Gasteiger partial charge in [0.1, 0.15) is 10.7 Å². The number of rotatable bonds is 7. The van der Waals surface area contributed by atoms with Crippen molar-refractivity contribution < 1.29 is 22.7 Å². The van der Waals surface area contributed by atoms with Crippen LogP contribution < -0.4 is 4.72 Å². The lowest BCUT2D eigenvalue weighted by Gasteiger charge is -2.17. The van der Waals surface area contributed by atoms with Crippen molar-refractivity contribution >= 4 is 16.0 Å². The summed E-state index contributed by atoms with van der Waals surface area (Å²) < 4.78 is 40.3. The van der Waals surface area contributed by atoms with Crippen molar-refractivity contribution in [1.82, 2.24) is 9.62 Å². The first-order valence-corrected chi connectivity index (χ1v) is 7.81. The number of nitrogens with one attached hydrogen (secondary N) is 1. The van der Waals surface area contributed by atoms with E-state index in [9.17, 15) is 17.6 Å². The van der Waals surface area contributed by atoms with E-state index >= 15 is 0 Å². The number of benzene rings is 1. The Bertz CT molecular complexity index is 617. The van der Waals surface area contributed by atoms with Gasteiger partial charge in [0.25, 0.3) is 0 Å². The Balaban J connectivity index is 2.97. The number of halogens is 1. The maximum Gasteiger partial charge on any atom is 0.335 e. The highest BCUT2D eigenvalue weighted by Gasteiger charge is 2.23. The van der Waals surface area contributed by atoms with Crippen LogP contribution in [-0.2, 0) is 10.0 Å². The standard InChI is InChI=1S/C13H19FN2O4S/c1-9(6-7-16(2)3)15-21(19,20)12-8-10(13(17)18)4-5-11(12)14/h4-5,8-9,15H,6-7H2,1-3H3,(H,17,18). The van der Waals surface area contributed by atoms with Crippen molar-refractivity contribution in [2.75, 3.05) is 20.6 Å². The largest absolute Gasteiger partial charge is 0.478 e. The second-order valence-electron chi connectivity index (χ2n) is 5.06. The molecule has 0 spiro atoms. The monoisotopic (exact) mass is 318 g/mol. The summed E-state index contributed by atoms with van der Waals surface area (Å²) in [7, 11) is -0.384. The number of carbonyl (C=O) groups is 1. The van der Waals surface area contributed by atoms with Gasteiger partial charge in [0.2, 0.25) is 10.0 Å². The van der Waals surface area contributed by atoms with E-state index in [1.54, 1.807) is 6.92 Å². The van der Waals surface area contributed by atoms with Gasteiger partial charge in [0.05, 0.1) is 5.56 Å². The fourth-order valence-corrected chi connectivity index (χ4v) is 3.06. The maximum absolute atomic E-state index is 13.7. The van der Waals surface area contributed by atoms with Gasteiger partial charge in [-0.25, -0.2) is 22.3 Å². The lowest BCUT2D eigenvalue weighted by molar-refractivity contribution is 0.0696. The Morgan fingerprint density at radius 2 is 2.05 bits per heavy atom. The molecule has 0 radical (unpaired) electrons. The molecule has 0 saturated heterocycles. The highest BCUT2D eigenvalue weighted by atomic mass is 32.2. The first-order chi connectivity index (χ1) is 9.63. The molecule has 2 N–H and O–H groups in total. The van der Waals surface area contributed by atoms with E-state index in [4.69, 9.17) is 5.11 Å². The Kier molecular flexibility index (Phi) is 5.82. The number of hydrogen-bond acceptors (Lipinski definition) is 4. The highest BCUT2D eigenvalue weighted by molar-refractivity contribution is 7.89. The average Bonchev–Trinajstić information content (AvgIpc) is 2.35. The second kappa shape index (κ2) is 6.97. The predicted molar refractivity (Wildman–Crippen MR) is 76.3 cm³/mol. The molecule has 21 heavy (non-hydrogen) atoms. The van der Waals surface area contributed by atoms with Crippen LogP contribution in [0.25, 0.3) is 0 Å². The summed E-state index contributed by atoms with van der Waals surface area (Å²) in [6.07, 6.45) is 0.548. The Labute approximate surface area is 123 Å². The Morgan fingerprint density at radius 3 is 2.57 bits per heavy atom. The van der Waals surface area contributed by atoms with Crippen molar-refractivity contribution in [1.29, 1.82) is 0 Å². The van der Waals surface area contributed by atoms with E-state index < -0.39 is 32.7 Å². The molecule has 0 amide bonds. The molecule has 1 aromatic carbocycles. The molecular weight excluding hydrogens is 299 g/mol. The Morgan fingerprint density at radius 1 is 1.43 bits per heavy atom. The molecule has 1 aromatic rings. The van der Waals surface area contributed by atoms with Crippen LogP contribution in [0.15, 0.2) is 23.1 Å². The summed E-state index contributed by atoms with van der Waals surface area (Å²) in [6.45, 7) is 2.33. The minimum absolute atomic E-state index is 0.280. The number of aromatic carboxylic acids is 1. The molecule has 1 rings (SSSR count). The molecule has 0 aliphatic carbocycles. The van der Waals surface area contributed by atoms with Crippen LogP contribution in [0, 0.1) is 5.82 Å². The molecule has 0 aromatic heterocycles. The van der Waals surface area contributed by atoms with Crippen LogP contribution in [0.4, 0.5) is 4.39 Å². The molecule has 0 aliphatic heterocycles. The van der Waals surface area contributed by atoms with E-state index in [-0.39, 0.29) is 5.56 Å². The van der Waals surface area contributed by atoms with Gasteiger partial charge in [-0.05, 0) is 52.2 Å². The van der Waals surface area contributed by atoms with Gasteiger partial charge in [0.15, 0.2) is 0 Å². The molecule has 0 bridgehead atoms. The van der Waals surface area contributed by atoms with Crippen molar-refractivity contribution in [3.8, 4) is 0 Å². The van der Waals surface area contributed by atoms with Crippen molar-refractivity contribution in [2.24, 2.45) is 0 Å². The van der Waals surface area contributed by atoms with Gasteiger partial charge in [-0.2, -0.15) is 0 Å². The zero-order valence-electron chi connectivity index (χ0n) is 12.1. The fraction of sp³-hybridized carbons (Fsp3) is 0.462. The predicted octanol–water partition coefficient (Wildman–Crippen LogP) is 1.14. The van der Waals surface area contributed by atoms with E-state index in [2.05, 4.69) is 4.72 Å². The minimum atomic E-state index is -4.10. The van der Waals surface area contributed by atoms with Crippen LogP contribution in [-0.4, -0.2) is 51.1 Å². The van der Waals surface area contributed by atoms with Gasteiger partial charge < -0.3 is 10.0 Å². The van der Waals surface area contributed by atoms with Crippen molar-refractivity contribution in [3.05, 3.63) is 29.6 Å². The molecule has 0 heterocycles. The first-order valence-electron chi connectivity index (χ1n) is 6.33. The molecule has 0 aliphatic rings. The van der Waals surface area contributed by atoms with Gasteiger partial charge in [-0.3, -0.25) is 0 Å². The lowest BCUT2D eigenvalue weighted by Crippen LogP contribution is -2.35. The average molecular weight is 318 g/mol. The molecular formula is C13H19FN2O4S. The van der Waals surface area contributed by atoms with Crippen LogP contribution in [0.2, 0.25) is 0 Å². The molecule has 6 nitrogen and oxygen atoms in total. The van der Waals surface area contributed by atoms with Crippen molar-refractivity contribution in [2.45, 2.75) is 24.3 Å². The second-order valence-corrected chi connectivity index (χ2v) is 6.75. The number of carboxylic acid groups (broad SMARTS) is 1. The molecule has 1 unspecified atom stereocenters. The topological polar surface area (TPSA) is 86.7 Å². The van der Waals surface area contributed by atoms with Gasteiger partial charge >= 0.3 is 5.97 Å². The normalized spacial score (nSPS) is 13.4. The van der Waals surface area contributed by atoms with Gasteiger partial charge in [0, 0.05) is 6.04 Å². The lowest BCUT2D eigenvalue weighted by atomic mass is 10.2. The van der Waals surface area contributed by atoms with E-state index in [0.29, 0.717) is 13.0 Å². The SMILES string of the molecule is CC(CCN(C)C)NS(=O)(=O)c1cc(C(=O)O)ccc1F. The third-order valence-corrected chi connectivity index (χ3v) is 4.44. The third kappa shape index (κ3) is 5.07.